The van der Waals surface area contributed by atoms with Gasteiger partial charge in [-0.1, -0.05) is 6.92 Å². The lowest BCUT2D eigenvalue weighted by molar-refractivity contribution is 0.0935. The zero-order chi connectivity index (χ0) is 12.9. The summed E-state index contributed by atoms with van der Waals surface area (Å²) in [5, 5.41) is 0. The van der Waals surface area contributed by atoms with Gasteiger partial charge in [0.1, 0.15) is 0 Å². The standard InChI is InChI=1S/C13H30N4/c1-5-17(13(2,3)12-14)11-10-16-8-6-15(4)7-9-16/h5-12,14H2,1-4H3. The van der Waals surface area contributed by atoms with Crippen LogP contribution in [0.2, 0.25) is 0 Å². The van der Waals surface area contributed by atoms with Crippen molar-refractivity contribution >= 4 is 0 Å². The van der Waals surface area contributed by atoms with Gasteiger partial charge >= 0.3 is 0 Å². The van der Waals surface area contributed by atoms with Crippen molar-refractivity contribution in [2.45, 2.75) is 26.3 Å². The fourth-order valence-corrected chi connectivity index (χ4v) is 2.35. The molecule has 4 heteroatoms. The number of hydrogen-bond donors (Lipinski definition) is 1. The van der Waals surface area contributed by atoms with Crippen LogP contribution < -0.4 is 5.73 Å². The average molecular weight is 242 g/mol. The van der Waals surface area contributed by atoms with E-state index in [2.05, 4.69) is 42.5 Å². The molecule has 4 nitrogen and oxygen atoms in total. The van der Waals surface area contributed by atoms with Crippen LogP contribution in [0.1, 0.15) is 20.8 Å². The first-order valence-corrected chi connectivity index (χ1v) is 6.85. The van der Waals surface area contributed by atoms with Gasteiger partial charge in [-0.25, -0.2) is 0 Å². The Morgan fingerprint density at radius 3 is 2.24 bits per heavy atom. The molecule has 0 spiro atoms. The van der Waals surface area contributed by atoms with Crippen LogP contribution in [0.15, 0.2) is 0 Å². The Hall–Kier alpha value is -0.160. The molecule has 0 radical (unpaired) electrons. The molecule has 1 heterocycles. The summed E-state index contributed by atoms with van der Waals surface area (Å²) in [5.41, 5.74) is 5.97. The largest absolute Gasteiger partial charge is 0.329 e. The first-order chi connectivity index (χ1) is 7.99. The van der Waals surface area contributed by atoms with Crippen LogP contribution in [0.5, 0.6) is 0 Å². The van der Waals surface area contributed by atoms with Gasteiger partial charge in [0.15, 0.2) is 0 Å². The van der Waals surface area contributed by atoms with Crippen molar-refractivity contribution in [2.75, 3.05) is 59.4 Å². The lowest BCUT2D eigenvalue weighted by atomic mass is 10.0. The molecule has 1 aliphatic rings. The third-order valence-electron chi connectivity index (χ3n) is 4.02. The minimum absolute atomic E-state index is 0.126. The molecule has 1 aliphatic heterocycles. The predicted molar refractivity (Wildman–Crippen MR) is 74.3 cm³/mol. The first kappa shape index (κ1) is 14.9. The molecular formula is C13H30N4. The summed E-state index contributed by atoms with van der Waals surface area (Å²) in [6, 6.07) is 0. The molecule has 0 bridgehead atoms. The van der Waals surface area contributed by atoms with Crippen molar-refractivity contribution in [3.05, 3.63) is 0 Å². The van der Waals surface area contributed by atoms with Crippen molar-refractivity contribution < 1.29 is 0 Å². The molecule has 0 atom stereocenters. The van der Waals surface area contributed by atoms with Crippen LogP contribution in [0, 0.1) is 0 Å². The summed E-state index contributed by atoms with van der Waals surface area (Å²) >= 11 is 0. The van der Waals surface area contributed by atoms with Crippen LogP contribution in [0.3, 0.4) is 0 Å². The fourth-order valence-electron chi connectivity index (χ4n) is 2.35. The number of nitrogens with two attached hydrogens (primary N) is 1. The molecule has 0 aromatic rings. The molecule has 0 saturated carbocycles. The zero-order valence-electron chi connectivity index (χ0n) is 12.1. The van der Waals surface area contributed by atoms with E-state index in [1.54, 1.807) is 0 Å². The van der Waals surface area contributed by atoms with Gasteiger partial charge in [-0.05, 0) is 27.4 Å². The number of piperazine rings is 1. The normalized spacial score (nSPS) is 20.1. The van der Waals surface area contributed by atoms with Gasteiger partial charge in [0.05, 0.1) is 0 Å². The third kappa shape index (κ3) is 4.54. The van der Waals surface area contributed by atoms with E-state index in [0.717, 1.165) is 19.6 Å². The topological polar surface area (TPSA) is 35.7 Å². The van der Waals surface area contributed by atoms with Crippen LogP contribution >= 0.6 is 0 Å². The van der Waals surface area contributed by atoms with E-state index < -0.39 is 0 Å². The van der Waals surface area contributed by atoms with E-state index in [1.807, 2.05) is 0 Å². The molecule has 1 fully saturated rings. The SMILES string of the molecule is CCN(CCN1CCN(C)CC1)C(C)(C)CN. The van der Waals surface area contributed by atoms with Gasteiger partial charge in [-0.15, -0.1) is 0 Å². The molecule has 17 heavy (non-hydrogen) atoms. The second-order valence-corrected chi connectivity index (χ2v) is 5.74. The maximum atomic E-state index is 5.85. The Kier molecular flexibility index (Phi) is 5.86. The first-order valence-electron chi connectivity index (χ1n) is 6.85. The molecule has 0 aliphatic carbocycles. The highest BCUT2D eigenvalue weighted by atomic mass is 15.3. The molecule has 0 aromatic carbocycles. The highest BCUT2D eigenvalue weighted by molar-refractivity contribution is 4.82. The van der Waals surface area contributed by atoms with Crippen molar-refractivity contribution in [1.82, 2.24) is 14.7 Å². The number of hydrogen-bond acceptors (Lipinski definition) is 4. The van der Waals surface area contributed by atoms with Crippen molar-refractivity contribution in [1.29, 1.82) is 0 Å². The van der Waals surface area contributed by atoms with Crippen LogP contribution in [0.25, 0.3) is 0 Å². The summed E-state index contributed by atoms with van der Waals surface area (Å²) < 4.78 is 0. The number of nitrogens with zero attached hydrogens (tertiary/aromatic N) is 3. The summed E-state index contributed by atoms with van der Waals surface area (Å²) in [6.45, 7) is 15.6. The van der Waals surface area contributed by atoms with E-state index in [4.69, 9.17) is 5.73 Å². The Labute approximate surface area is 107 Å². The Morgan fingerprint density at radius 2 is 1.76 bits per heavy atom. The highest BCUT2D eigenvalue weighted by Gasteiger charge is 2.24. The van der Waals surface area contributed by atoms with Crippen molar-refractivity contribution in [2.24, 2.45) is 5.73 Å². The minimum Gasteiger partial charge on any atom is -0.329 e. The van der Waals surface area contributed by atoms with E-state index in [9.17, 15) is 0 Å². The fraction of sp³-hybridized carbons (Fsp3) is 1.00. The van der Waals surface area contributed by atoms with Gasteiger partial charge in [0, 0.05) is 51.4 Å². The molecule has 1 rings (SSSR count). The van der Waals surface area contributed by atoms with Gasteiger partial charge in [0.25, 0.3) is 0 Å². The quantitative estimate of drug-likeness (QED) is 0.726. The average Bonchev–Trinajstić information content (AvgIpc) is 2.32. The molecule has 1 saturated heterocycles. The monoisotopic (exact) mass is 242 g/mol. The molecule has 0 aromatic heterocycles. The van der Waals surface area contributed by atoms with Crippen molar-refractivity contribution in [3.63, 3.8) is 0 Å². The third-order valence-corrected chi connectivity index (χ3v) is 4.02. The van der Waals surface area contributed by atoms with Crippen LogP contribution in [0.4, 0.5) is 0 Å². The number of rotatable bonds is 6. The highest BCUT2D eigenvalue weighted by Crippen LogP contribution is 2.12. The van der Waals surface area contributed by atoms with Gasteiger partial charge < -0.3 is 10.6 Å². The summed E-state index contributed by atoms with van der Waals surface area (Å²) in [7, 11) is 2.20. The van der Waals surface area contributed by atoms with Gasteiger partial charge in [-0.3, -0.25) is 9.80 Å². The second-order valence-electron chi connectivity index (χ2n) is 5.74. The summed E-state index contributed by atoms with van der Waals surface area (Å²) in [6.07, 6.45) is 0. The molecule has 2 N–H and O–H groups in total. The molecular weight excluding hydrogens is 212 g/mol. The smallest absolute Gasteiger partial charge is 0.0275 e. The summed E-state index contributed by atoms with van der Waals surface area (Å²) in [4.78, 5) is 7.46. The van der Waals surface area contributed by atoms with E-state index in [-0.39, 0.29) is 5.54 Å². The van der Waals surface area contributed by atoms with E-state index in [0.29, 0.717) is 0 Å². The van der Waals surface area contributed by atoms with Crippen molar-refractivity contribution in [3.8, 4) is 0 Å². The van der Waals surface area contributed by atoms with Gasteiger partial charge in [-0.2, -0.15) is 0 Å². The molecule has 102 valence electrons. The van der Waals surface area contributed by atoms with Crippen LogP contribution in [-0.4, -0.2) is 79.6 Å². The molecule has 0 unspecified atom stereocenters. The maximum Gasteiger partial charge on any atom is 0.0275 e. The lowest BCUT2D eigenvalue weighted by Crippen LogP contribution is -2.53. The minimum atomic E-state index is 0.126. The second kappa shape index (κ2) is 6.69. The number of likely N-dealkylation sites (N-methyl/N-ethyl adjacent to an activating group) is 2. The summed E-state index contributed by atoms with van der Waals surface area (Å²) in [5.74, 6) is 0. The van der Waals surface area contributed by atoms with Crippen LogP contribution in [-0.2, 0) is 0 Å². The Balaban J connectivity index is 2.33. The lowest BCUT2D eigenvalue weighted by Gasteiger charge is -2.39. The Bertz CT molecular complexity index is 209. The predicted octanol–water partition coefficient (Wildman–Crippen LogP) is 0.293. The maximum absolute atomic E-state index is 5.85. The zero-order valence-corrected chi connectivity index (χ0v) is 12.1. The molecule has 0 amide bonds. The van der Waals surface area contributed by atoms with Gasteiger partial charge in [0.2, 0.25) is 0 Å². The Morgan fingerprint density at radius 1 is 1.18 bits per heavy atom. The van der Waals surface area contributed by atoms with E-state index >= 15 is 0 Å². The van der Waals surface area contributed by atoms with E-state index in [1.165, 1.54) is 32.7 Å².